The summed E-state index contributed by atoms with van der Waals surface area (Å²) >= 11 is 0. The molecule has 106 valence electrons. The quantitative estimate of drug-likeness (QED) is 0.754. The summed E-state index contributed by atoms with van der Waals surface area (Å²) in [7, 11) is 0. The Morgan fingerprint density at radius 2 is 2.27 bits per heavy atom. The van der Waals surface area contributed by atoms with Crippen molar-refractivity contribution in [3.8, 4) is 17.9 Å². The summed E-state index contributed by atoms with van der Waals surface area (Å²) in [6.45, 7) is 1.90. The lowest BCUT2D eigenvalue weighted by atomic mass is 10.1. The number of nitriles is 1. The molecule has 4 heteroatoms. The van der Waals surface area contributed by atoms with E-state index in [9.17, 15) is 0 Å². The van der Waals surface area contributed by atoms with Crippen LogP contribution in [0.5, 0.6) is 0 Å². The summed E-state index contributed by atoms with van der Waals surface area (Å²) in [6.07, 6.45) is 6.35. The molecule has 3 heterocycles. The highest BCUT2D eigenvalue weighted by Crippen LogP contribution is 2.57. The standard InChI is InChI=1S/C18H14N4/c19-9-14-7-17(11-20-10-14)22-12-15-8-18(15,13-22)5-4-16-3-1-2-6-21-16/h1-3,6-7,10-11,15H,8,12-13H2. The maximum Gasteiger partial charge on any atom is 0.113 e. The van der Waals surface area contributed by atoms with Crippen molar-refractivity contribution in [2.75, 3.05) is 18.0 Å². The van der Waals surface area contributed by atoms with Crippen LogP contribution in [0.15, 0.2) is 42.9 Å². The molecule has 4 rings (SSSR count). The van der Waals surface area contributed by atoms with Crippen LogP contribution in [0.2, 0.25) is 0 Å². The minimum atomic E-state index is 0.0974. The van der Waals surface area contributed by atoms with Crippen molar-refractivity contribution < 1.29 is 0 Å². The molecule has 2 aromatic heterocycles. The Bertz CT molecular complexity index is 812. The van der Waals surface area contributed by atoms with Crippen molar-refractivity contribution in [2.24, 2.45) is 11.3 Å². The highest BCUT2D eigenvalue weighted by molar-refractivity contribution is 5.53. The van der Waals surface area contributed by atoms with Crippen LogP contribution < -0.4 is 4.90 Å². The zero-order chi connectivity index (χ0) is 15.0. The van der Waals surface area contributed by atoms with E-state index in [1.165, 1.54) is 0 Å². The van der Waals surface area contributed by atoms with Crippen LogP contribution in [-0.4, -0.2) is 23.1 Å². The van der Waals surface area contributed by atoms with Gasteiger partial charge in [0.25, 0.3) is 0 Å². The average molecular weight is 286 g/mol. The zero-order valence-electron chi connectivity index (χ0n) is 12.0. The van der Waals surface area contributed by atoms with Crippen molar-refractivity contribution >= 4 is 5.69 Å². The molecule has 2 unspecified atom stereocenters. The van der Waals surface area contributed by atoms with Gasteiger partial charge in [-0.15, -0.1) is 0 Å². The molecule has 0 spiro atoms. The van der Waals surface area contributed by atoms with Crippen LogP contribution in [0.4, 0.5) is 5.69 Å². The molecular weight excluding hydrogens is 272 g/mol. The highest BCUT2D eigenvalue weighted by atomic mass is 15.2. The van der Waals surface area contributed by atoms with Gasteiger partial charge >= 0.3 is 0 Å². The van der Waals surface area contributed by atoms with Crippen LogP contribution in [0.25, 0.3) is 0 Å². The molecule has 4 nitrogen and oxygen atoms in total. The van der Waals surface area contributed by atoms with Gasteiger partial charge in [-0.2, -0.15) is 5.26 Å². The fraction of sp³-hybridized carbons (Fsp3) is 0.278. The first kappa shape index (κ1) is 12.9. The summed E-state index contributed by atoms with van der Waals surface area (Å²) < 4.78 is 0. The fourth-order valence-electron chi connectivity index (χ4n) is 3.16. The maximum absolute atomic E-state index is 8.99. The van der Waals surface area contributed by atoms with Crippen molar-refractivity contribution in [3.05, 3.63) is 54.1 Å². The van der Waals surface area contributed by atoms with Crippen molar-refractivity contribution in [1.82, 2.24) is 9.97 Å². The lowest BCUT2D eigenvalue weighted by molar-refractivity contribution is 0.706. The number of anilines is 1. The normalized spacial score (nSPS) is 24.9. The molecule has 22 heavy (non-hydrogen) atoms. The Labute approximate surface area is 129 Å². The third-order valence-corrected chi connectivity index (χ3v) is 4.47. The molecule has 2 aliphatic rings. The van der Waals surface area contributed by atoms with Crippen LogP contribution >= 0.6 is 0 Å². The van der Waals surface area contributed by atoms with Crippen molar-refractivity contribution in [3.63, 3.8) is 0 Å². The summed E-state index contributed by atoms with van der Waals surface area (Å²) in [4.78, 5) is 10.7. The third-order valence-electron chi connectivity index (χ3n) is 4.47. The smallest absolute Gasteiger partial charge is 0.113 e. The second-order valence-corrected chi connectivity index (χ2v) is 5.95. The molecular formula is C18H14N4. The van der Waals surface area contributed by atoms with E-state index >= 15 is 0 Å². The first-order valence-corrected chi connectivity index (χ1v) is 7.33. The van der Waals surface area contributed by atoms with Crippen molar-refractivity contribution in [2.45, 2.75) is 6.42 Å². The molecule has 0 radical (unpaired) electrons. The van der Waals surface area contributed by atoms with E-state index in [0.717, 1.165) is 30.9 Å². The molecule has 0 N–H and O–H groups in total. The number of aromatic nitrogens is 2. The molecule has 2 fully saturated rings. The van der Waals surface area contributed by atoms with E-state index in [1.807, 2.05) is 30.5 Å². The maximum atomic E-state index is 8.99. The molecule has 1 aliphatic carbocycles. The zero-order valence-corrected chi connectivity index (χ0v) is 12.0. The molecule has 1 saturated carbocycles. The first-order chi connectivity index (χ1) is 10.8. The van der Waals surface area contributed by atoms with E-state index in [-0.39, 0.29) is 5.41 Å². The third kappa shape index (κ3) is 2.19. The van der Waals surface area contributed by atoms with Crippen molar-refractivity contribution in [1.29, 1.82) is 5.26 Å². The van der Waals surface area contributed by atoms with Gasteiger partial charge in [0, 0.05) is 25.5 Å². The average Bonchev–Trinajstić information content (AvgIpc) is 3.14. The summed E-state index contributed by atoms with van der Waals surface area (Å²) in [5.74, 6) is 7.26. The Morgan fingerprint density at radius 3 is 3.09 bits per heavy atom. The molecule has 0 amide bonds. The second kappa shape index (κ2) is 4.86. The van der Waals surface area contributed by atoms with E-state index < -0.39 is 0 Å². The van der Waals surface area contributed by atoms with Gasteiger partial charge in [0.15, 0.2) is 0 Å². The number of rotatable bonds is 1. The lowest BCUT2D eigenvalue weighted by Gasteiger charge is -2.20. The minimum Gasteiger partial charge on any atom is -0.368 e. The summed E-state index contributed by atoms with van der Waals surface area (Å²) in [6, 6.07) is 9.84. The summed E-state index contributed by atoms with van der Waals surface area (Å²) in [5, 5.41) is 8.99. The largest absolute Gasteiger partial charge is 0.368 e. The number of nitrogens with zero attached hydrogens (tertiary/aromatic N) is 4. The van der Waals surface area contributed by atoms with Gasteiger partial charge < -0.3 is 4.90 Å². The Kier molecular flexibility index (Phi) is 2.84. The van der Waals surface area contributed by atoms with Gasteiger partial charge in [-0.25, -0.2) is 4.98 Å². The predicted octanol–water partition coefficient (Wildman–Crippen LogP) is 2.23. The SMILES string of the molecule is N#Cc1cncc(N2CC3CC3(C#Cc3ccccn3)C2)c1. The van der Waals surface area contributed by atoms with Crippen LogP contribution in [0, 0.1) is 34.5 Å². The first-order valence-electron chi connectivity index (χ1n) is 7.33. The van der Waals surface area contributed by atoms with E-state index in [0.29, 0.717) is 11.5 Å². The second-order valence-electron chi connectivity index (χ2n) is 5.95. The topological polar surface area (TPSA) is 52.8 Å². The van der Waals surface area contributed by atoms with E-state index in [4.69, 9.17) is 5.26 Å². The highest BCUT2D eigenvalue weighted by Gasteiger charge is 2.59. The fourth-order valence-corrected chi connectivity index (χ4v) is 3.16. The molecule has 2 aromatic rings. The number of hydrogen-bond donors (Lipinski definition) is 0. The molecule has 0 aromatic carbocycles. The monoisotopic (exact) mass is 286 g/mol. The van der Waals surface area contributed by atoms with Gasteiger partial charge in [0.05, 0.1) is 22.9 Å². The predicted molar refractivity (Wildman–Crippen MR) is 82.8 cm³/mol. The Balaban J connectivity index is 1.54. The Morgan fingerprint density at radius 1 is 1.32 bits per heavy atom. The van der Waals surface area contributed by atoms with Gasteiger partial charge in [0.2, 0.25) is 0 Å². The van der Waals surface area contributed by atoms with Gasteiger partial charge in [-0.3, -0.25) is 4.98 Å². The Hall–Kier alpha value is -2.85. The van der Waals surface area contributed by atoms with Crippen LogP contribution in [-0.2, 0) is 0 Å². The van der Waals surface area contributed by atoms with Gasteiger partial charge in [-0.1, -0.05) is 12.0 Å². The molecule has 1 aliphatic heterocycles. The minimum absolute atomic E-state index is 0.0974. The van der Waals surface area contributed by atoms with Gasteiger partial charge in [0.1, 0.15) is 11.8 Å². The number of fused-ring (bicyclic) bond motifs is 1. The molecule has 1 saturated heterocycles. The summed E-state index contributed by atoms with van der Waals surface area (Å²) in [5.41, 5.74) is 2.55. The number of pyridine rings is 2. The van der Waals surface area contributed by atoms with Crippen LogP contribution in [0.3, 0.4) is 0 Å². The van der Waals surface area contributed by atoms with E-state index in [2.05, 4.69) is 32.8 Å². The van der Waals surface area contributed by atoms with E-state index in [1.54, 1.807) is 12.4 Å². The molecule has 0 bridgehead atoms. The number of piperidine rings is 1. The molecule has 2 atom stereocenters. The lowest BCUT2D eigenvalue weighted by Crippen LogP contribution is -2.24. The number of hydrogen-bond acceptors (Lipinski definition) is 4. The van der Waals surface area contributed by atoms with Crippen LogP contribution in [0.1, 0.15) is 17.7 Å². The van der Waals surface area contributed by atoms with Gasteiger partial charge in [-0.05, 0) is 36.5 Å².